The SMILES string of the molecule is CCOC(=O)[C@@H](Cc1ccc(F)cc1O)Oc1ncnc2sc(-c3ccc(F)o3)c(-c3ccc(OCCN4CCN(C)CC4)c(Cl)c3C)c12. The Hall–Kier alpha value is -4.30. The minimum atomic E-state index is -1.27. The number of benzene rings is 2. The molecule has 10 nitrogen and oxygen atoms in total. The Kier molecular flexibility index (Phi) is 10.6. The lowest BCUT2D eigenvalue weighted by molar-refractivity contribution is -0.151. The van der Waals surface area contributed by atoms with Crippen molar-refractivity contribution in [2.75, 3.05) is 53.0 Å². The van der Waals surface area contributed by atoms with Crippen molar-refractivity contribution in [1.29, 1.82) is 0 Å². The number of fused-ring (bicyclic) bond motifs is 1. The fourth-order valence-corrected chi connectivity index (χ4v) is 7.04. The van der Waals surface area contributed by atoms with Gasteiger partial charge in [0.15, 0.2) is 0 Å². The molecule has 14 heteroatoms. The van der Waals surface area contributed by atoms with Gasteiger partial charge >= 0.3 is 5.97 Å². The first-order valence-electron chi connectivity index (χ1n) is 15.8. The van der Waals surface area contributed by atoms with Crippen LogP contribution in [0.25, 0.3) is 32.0 Å². The number of phenolic OH excluding ortho intramolecular Hbond substituents is 1. The van der Waals surface area contributed by atoms with Crippen molar-refractivity contribution in [3.63, 3.8) is 0 Å². The van der Waals surface area contributed by atoms with Crippen molar-refractivity contribution in [3.05, 3.63) is 76.8 Å². The molecule has 1 atom stereocenters. The first-order valence-corrected chi connectivity index (χ1v) is 17.0. The Morgan fingerprint density at radius 2 is 1.92 bits per heavy atom. The van der Waals surface area contributed by atoms with Crippen LogP contribution in [-0.4, -0.2) is 89.9 Å². The van der Waals surface area contributed by atoms with Crippen molar-refractivity contribution in [1.82, 2.24) is 19.8 Å². The topological polar surface area (TPSA) is 110 Å². The van der Waals surface area contributed by atoms with E-state index < -0.39 is 23.9 Å². The first kappa shape index (κ1) is 34.6. The number of likely N-dealkylation sites (N-methyl/N-ethyl adjacent to an activating group) is 1. The number of rotatable bonds is 12. The van der Waals surface area contributed by atoms with E-state index in [2.05, 4.69) is 26.8 Å². The highest BCUT2D eigenvalue weighted by Crippen LogP contribution is 2.49. The zero-order valence-electron chi connectivity index (χ0n) is 27.2. The molecular weight excluding hydrogens is 678 g/mol. The summed E-state index contributed by atoms with van der Waals surface area (Å²) < 4.78 is 51.0. The van der Waals surface area contributed by atoms with Gasteiger partial charge in [-0.25, -0.2) is 19.2 Å². The number of aromatic hydroxyl groups is 1. The first-order chi connectivity index (χ1) is 23.6. The number of carbonyl (C=O) groups excluding carboxylic acids is 1. The fourth-order valence-electron chi connectivity index (χ4n) is 5.71. The molecule has 2 aromatic carbocycles. The van der Waals surface area contributed by atoms with Crippen LogP contribution in [0.3, 0.4) is 0 Å². The number of esters is 1. The lowest BCUT2D eigenvalue weighted by atomic mass is 9.97. The third kappa shape index (κ3) is 7.64. The van der Waals surface area contributed by atoms with Gasteiger partial charge in [-0.15, -0.1) is 11.3 Å². The second kappa shape index (κ2) is 15.1. The van der Waals surface area contributed by atoms with Crippen LogP contribution in [0.5, 0.6) is 17.4 Å². The molecule has 0 radical (unpaired) electrons. The monoisotopic (exact) mass is 712 g/mol. The zero-order valence-corrected chi connectivity index (χ0v) is 28.7. The summed E-state index contributed by atoms with van der Waals surface area (Å²) >= 11 is 8.16. The number of halogens is 3. The summed E-state index contributed by atoms with van der Waals surface area (Å²) in [6, 6.07) is 9.12. The molecule has 1 N–H and O–H groups in total. The third-order valence-electron chi connectivity index (χ3n) is 8.39. The van der Waals surface area contributed by atoms with Gasteiger partial charge in [0, 0.05) is 56.8 Å². The standard InChI is InChI=1S/C35H35ClF2N4O6S/c1-4-45-35(44)27(17-21-5-6-22(37)18-24(21)43)48-33-30-29(32(26-9-10-28(38)47-26)49-34(30)40-19-39-33)23-7-8-25(31(36)20(23)2)46-16-15-42-13-11-41(3)12-14-42/h5-10,18-19,27,43H,4,11-17H2,1-3H3/t27-/m1/s1. The number of furan rings is 1. The van der Waals surface area contributed by atoms with E-state index in [1.165, 1.54) is 41.9 Å². The van der Waals surface area contributed by atoms with E-state index in [1.807, 2.05) is 13.0 Å². The van der Waals surface area contributed by atoms with Crippen molar-refractivity contribution in [3.8, 4) is 39.1 Å². The normalized spacial score (nSPS) is 14.7. The fraction of sp³-hybridized carbons (Fsp3) is 0.343. The molecule has 1 aliphatic heterocycles. The molecule has 0 unspecified atom stereocenters. The predicted molar refractivity (Wildman–Crippen MR) is 183 cm³/mol. The Morgan fingerprint density at radius 3 is 2.63 bits per heavy atom. The summed E-state index contributed by atoms with van der Waals surface area (Å²) in [5.74, 6) is -0.852. The average Bonchev–Trinajstić information content (AvgIpc) is 3.69. The van der Waals surface area contributed by atoms with Crippen LogP contribution in [0.15, 0.2) is 53.2 Å². The minimum Gasteiger partial charge on any atom is -0.508 e. The summed E-state index contributed by atoms with van der Waals surface area (Å²) in [4.78, 5) is 27.7. The van der Waals surface area contributed by atoms with Gasteiger partial charge in [0.05, 0.1) is 21.9 Å². The molecule has 258 valence electrons. The molecule has 0 saturated carbocycles. The summed E-state index contributed by atoms with van der Waals surface area (Å²) in [7, 11) is 2.11. The van der Waals surface area contributed by atoms with Gasteiger partial charge in [0.2, 0.25) is 12.0 Å². The Bertz CT molecular complexity index is 1960. The van der Waals surface area contributed by atoms with Crippen LogP contribution in [-0.2, 0) is 16.0 Å². The van der Waals surface area contributed by atoms with Crippen LogP contribution in [0.4, 0.5) is 8.78 Å². The minimum absolute atomic E-state index is 0.0391. The van der Waals surface area contributed by atoms with E-state index in [4.69, 9.17) is 30.2 Å². The van der Waals surface area contributed by atoms with Crippen LogP contribution >= 0.6 is 22.9 Å². The molecule has 6 rings (SSSR count). The number of hydrogen-bond acceptors (Lipinski definition) is 11. The Balaban J connectivity index is 1.39. The smallest absolute Gasteiger partial charge is 0.347 e. The number of hydrogen-bond donors (Lipinski definition) is 1. The highest BCUT2D eigenvalue weighted by molar-refractivity contribution is 7.22. The highest BCUT2D eigenvalue weighted by Gasteiger charge is 2.30. The zero-order chi connectivity index (χ0) is 34.7. The molecule has 0 amide bonds. The van der Waals surface area contributed by atoms with Gasteiger partial charge in [-0.3, -0.25) is 4.90 Å². The third-order valence-corrected chi connectivity index (χ3v) is 9.97. The summed E-state index contributed by atoms with van der Waals surface area (Å²) in [5.41, 5.74) is 2.17. The molecule has 1 saturated heterocycles. The van der Waals surface area contributed by atoms with Crippen LogP contribution < -0.4 is 9.47 Å². The molecule has 0 spiro atoms. The van der Waals surface area contributed by atoms with E-state index >= 15 is 0 Å². The van der Waals surface area contributed by atoms with Crippen molar-refractivity contribution < 1.29 is 37.3 Å². The molecule has 0 bridgehead atoms. The predicted octanol–water partition coefficient (Wildman–Crippen LogP) is 6.74. The van der Waals surface area contributed by atoms with E-state index in [-0.39, 0.29) is 36.0 Å². The van der Waals surface area contributed by atoms with Gasteiger partial charge < -0.3 is 28.6 Å². The van der Waals surface area contributed by atoms with Gasteiger partial charge in [0.1, 0.15) is 40.8 Å². The van der Waals surface area contributed by atoms with Crippen LogP contribution in [0.2, 0.25) is 5.02 Å². The molecule has 1 aliphatic rings. The quantitative estimate of drug-likeness (QED) is 0.140. The average molecular weight is 713 g/mol. The summed E-state index contributed by atoms with van der Waals surface area (Å²) in [5, 5.41) is 11.2. The molecular formula is C35H35ClF2N4O6S. The highest BCUT2D eigenvalue weighted by atomic mass is 35.5. The number of phenols is 1. The van der Waals surface area contributed by atoms with Gasteiger partial charge in [-0.05, 0) is 55.8 Å². The second-order valence-electron chi connectivity index (χ2n) is 11.6. The lowest BCUT2D eigenvalue weighted by Crippen LogP contribution is -2.45. The maximum Gasteiger partial charge on any atom is 0.347 e. The second-order valence-corrected chi connectivity index (χ2v) is 13.0. The van der Waals surface area contributed by atoms with E-state index in [9.17, 15) is 18.7 Å². The van der Waals surface area contributed by atoms with Gasteiger partial charge in [-0.2, -0.15) is 4.39 Å². The number of carbonyl (C=O) groups is 1. The number of ether oxygens (including phenoxy) is 3. The Morgan fingerprint density at radius 1 is 1.12 bits per heavy atom. The van der Waals surface area contributed by atoms with Gasteiger partial charge in [0.25, 0.3) is 6.01 Å². The molecule has 5 aromatic rings. The number of piperazine rings is 1. The van der Waals surface area contributed by atoms with Crippen molar-refractivity contribution in [2.24, 2.45) is 0 Å². The van der Waals surface area contributed by atoms with E-state index in [0.29, 0.717) is 49.2 Å². The van der Waals surface area contributed by atoms with Crippen LogP contribution in [0, 0.1) is 18.8 Å². The molecule has 49 heavy (non-hydrogen) atoms. The number of thiophene rings is 1. The maximum absolute atomic E-state index is 14.2. The number of nitrogens with zero attached hydrogens (tertiary/aromatic N) is 4. The maximum atomic E-state index is 14.2. The molecule has 4 heterocycles. The van der Waals surface area contributed by atoms with Crippen LogP contribution in [0.1, 0.15) is 18.1 Å². The molecule has 0 aliphatic carbocycles. The number of aromatic nitrogens is 2. The van der Waals surface area contributed by atoms with E-state index in [1.54, 1.807) is 13.0 Å². The van der Waals surface area contributed by atoms with Gasteiger partial charge in [-0.1, -0.05) is 23.7 Å². The Labute approximate surface area is 290 Å². The van der Waals surface area contributed by atoms with Crippen molar-refractivity contribution in [2.45, 2.75) is 26.4 Å². The summed E-state index contributed by atoms with van der Waals surface area (Å²) in [6.07, 6.45) is -0.122. The largest absolute Gasteiger partial charge is 0.508 e. The summed E-state index contributed by atoms with van der Waals surface area (Å²) in [6.45, 7) is 8.78. The van der Waals surface area contributed by atoms with Crippen molar-refractivity contribution >= 4 is 39.1 Å². The lowest BCUT2D eigenvalue weighted by Gasteiger charge is -2.32. The molecule has 1 fully saturated rings. The van der Waals surface area contributed by atoms with E-state index in [0.717, 1.165) is 38.8 Å². The molecule has 3 aromatic heterocycles.